The molecular weight excluding hydrogens is 234 g/mol. The zero-order valence-corrected chi connectivity index (χ0v) is 11.1. The van der Waals surface area contributed by atoms with Crippen molar-refractivity contribution in [3.8, 4) is 0 Å². The van der Waals surface area contributed by atoms with E-state index in [9.17, 15) is 14.7 Å². The number of nitrogens with one attached hydrogen (secondary N) is 1. The van der Waals surface area contributed by atoms with Crippen molar-refractivity contribution in [1.29, 1.82) is 0 Å². The lowest BCUT2D eigenvalue weighted by Gasteiger charge is -2.30. The zero-order chi connectivity index (χ0) is 13.5. The van der Waals surface area contributed by atoms with Crippen LogP contribution in [0.3, 0.4) is 0 Å². The monoisotopic (exact) mass is 255 g/mol. The predicted octanol–water partition coefficient (Wildman–Crippen LogP) is 2.01. The summed E-state index contributed by atoms with van der Waals surface area (Å²) in [6, 6.07) is -0.268. The van der Waals surface area contributed by atoms with E-state index < -0.39 is 23.6 Å². The number of aliphatic carboxylic acids is 1. The molecule has 0 spiro atoms. The average Bonchev–Trinajstić information content (AvgIpc) is 2.73. The Kier molecular flexibility index (Phi) is 3.25. The smallest absolute Gasteiger partial charge is 0.407 e. The van der Waals surface area contributed by atoms with Gasteiger partial charge < -0.3 is 15.2 Å². The number of hydrogen-bond donors (Lipinski definition) is 2. The first-order valence-corrected chi connectivity index (χ1v) is 6.50. The van der Waals surface area contributed by atoms with Crippen LogP contribution < -0.4 is 5.32 Å². The molecule has 2 aliphatic carbocycles. The summed E-state index contributed by atoms with van der Waals surface area (Å²) in [5, 5.41) is 12.0. The molecule has 18 heavy (non-hydrogen) atoms. The number of carbonyl (C=O) groups is 2. The Morgan fingerprint density at radius 1 is 1.22 bits per heavy atom. The first-order chi connectivity index (χ1) is 8.28. The Morgan fingerprint density at radius 3 is 2.39 bits per heavy atom. The largest absolute Gasteiger partial charge is 0.481 e. The third-order valence-corrected chi connectivity index (χ3v) is 3.88. The highest BCUT2D eigenvalue weighted by molar-refractivity contribution is 5.75. The topological polar surface area (TPSA) is 75.6 Å². The fourth-order valence-electron chi connectivity index (χ4n) is 3.30. The lowest BCUT2D eigenvalue weighted by molar-refractivity contribution is -0.144. The molecule has 0 heterocycles. The standard InChI is InChI=1S/C13H21NO4/c1-13(2,3)18-12(17)14-10-8-5-4-7(6-8)9(10)11(15)16/h7-10H,4-6H2,1-3H3,(H,14,17)(H,15,16)/t7-,8+,9+,10+/m1/s1. The van der Waals surface area contributed by atoms with Crippen LogP contribution in [0.2, 0.25) is 0 Å². The molecule has 2 bridgehead atoms. The molecule has 0 unspecified atom stereocenters. The van der Waals surface area contributed by atoms with Crippen molar-refractivity contribution >= 4 is 12.1 Å². The molecule has 2 fully saturated rings. The predicted molar refractivity (Wildman–Crippen MR) is 65.1 cm³/mol. The van der Waals surface area contributed by atoms with Gasteiger partial charge in [0, 0.05) is 6.04 Å². The maximum atomic E-state index is 11.7. The van der Waals surface area contributed by atoms with Crippen molar-refractivity contribution in [2.45, 2.75) is 51.7 Å². The minimum Gasteiger partial charge on any atom is -0.481 e. The van der Waals surface area contributed by atoms with Crippen LogP contribution in [0.1, 0.15) is 40.0 Å². The lowest BCUT2D eigenvalue weighted by atomic mass is 9.84. The van der Waals surface area contributed by atoms with Crippen LogP contribution in [-0.2, 0) is 9.53 Å². The summed E-state index contributed by atoms with van der Waals surface area (Å²) in [6.45, 7) is 5.38. The van der Waals surface area contributed by atoms with E-state index in [1.807, 2.05) is 0 Å². The molecule has 2 N–H and O–H groups in total. The highest BCUT2D eigenvalue weighted by atomic mass is 16.6. The molecule has 2 saturated carbocycles. The second-order valence-electron chi connectivity index (χ2n) is 6.37. The normalized spacial score (nSPS) is 34.4. The SMILES string of the molecule is CC(C)(C)OC(=O)N[C@H]1[C@H]2CC[C@H](C2)[C@@H]1C(=O)O. The van der Waals surface area contributed by atoms with Crippen molar-refractivity contribution in [2.24, 2.45) is 17.8 Å². The van der Waals surface area contributed by atoms with Gasteiger partial charge in [0.25, 0.3) is 0 Å². The van der Waals surface area contributed by atoms with Gasteiger partial charge in [-0.05, 0) is 51.9 Å². The van der Waals surface area contributed by atoms with Crippen LogP contribution in [0.4, 0.5) is 4.79 Å². The Balaban J connectivity index is 2.00. The summed E-state index contributed by atoms with van der Waals surface area (Å²) >= 11 is 0. The molecule has 0 aromatic heterocycles. The van der Waals surface area contributed by atoms with Gasteiger partial charge in [-0.1, -0.05) is 0 Å². The van der Waals surface area contributed by atoms with E-state index in [2.05, 4.69) is 5.32 Å². The summed E-state index contributed by atoms with van der Waals surface area (Å²) in [7, 11) is 0. The molecule has 1 amide bonds. The van der Waals surface area contributed by atoms with Crippen molar-refractivity contribution in [3.63, 3.8) is 0 Å². The fraction of sp³-hybridized carbons (Fsp3) is 0.846. The Labute approximate surface area is 107 Å². The number of carboxylic acid groups (broad SMARTS) is 1. The molecular formula is C13H21NO4. The number of fused-ring (bicyclic) bond motifs is 2. The van der Waals surface area contributed by atoms with Gasteiger partial charge in [-0.15, -0.1) is 0 Å². The summed E-state index contributed by atoms with van der Waals surface area (Å²) in [5.41, 5.74) is -0.555. The van der Waals surface area contributed by atoms with Crippen LogP contribution >= 0.6 is 0 Å². The number of alkyl carbamates (subject to hydrolysis) is 1. The Bertz CT molecular complexity index is 360. The number of ether oxygens (including phenoxy) is 1. The van der Waals surface area contributed by atoms with E-state index in [0.29, 0.717) is 5.92 Å². The minimum atomic E-state index is -0.803. The van der Waals surface area contributed by atoms with Gasteiger partial charge in [0.05, 0.1) is 5.92 Å². The van der Waals surface area contributed by atoms with E-state index in [-0.39, 0.29) is 12.0 Å². The summed E-state index contributed by atoms with van der Waals surface area (Å²) in [4.78, 5) is 23.0. The number of carboxylic acids is 1. The van der Waals surface area contributed by atoms with Crippen molar-refractivity contribution in [1.82, 2.24) is 5.32 Å². The molecule has 0 aliphatic heterocycles. The molecule has 0 radical (unpaired) electrons. The van der Waals surface area contributed by atoms with Crippen molar-refractivity contribution in [3.05, 3.63) is 0 Å². The highest BCUT2D eigenvalue weighted by Crippen LogP contribution is 2.48. The van der Waals surface area contributed by atoms with E-state index in [1.165, 1.54) is 0 Å². The van der Waals surface area contributed by atoms with Crippen LogP contribution in [0, 0.1) is 17.8 Å². The van der Waals surface area contributed by atoms with Gasteiger partial charge in [-0.2, -0.15) is 0 Å². The zero-order valence-electron chi connectivity index (χ0n) is 11.1. The second-order valence-corrected chi connectivity index (χ2v) is 6.37. The van der Waals surface area contributed by atoms with Crippen molar-refractivity contribution < 1.29 is 19.4 Å². The van der Waals surface area contributed by atoms with Crippen LogP contribution in [-0.4, -0.2) is 28.8 Å². The number of carbonyl (C=O) groups excluding carboxylic acids is 1. The molecule has 4 atom stereocenters. The fourth-order valence-corrected chi connectivity index (χ4v) is 3.30. The summed E-state index contributed by atoms with van der Waals surface area (Å²) in [5.74, 6) is -0.740. The highest BCUT2D eigenvalue weighted by Gasteiger charge is 2.51. The quantitative estimate of drug-likeness (QED) is 0.791. The van der Waals surface area contributed by atoms with Gasteiger partial charge in [0.1, 0.15) is 5.60 Å². The Morgan fingerprint density at radius 2 is 1.83 bits per heavy atom. The van der Waals surface area contributed by atoms with Gasteiger partial charge in [0.2, 0.25) is 0 Å². The number of rotatable bonds is 2. The average molecular weight is 255 g/mol. The maximum absolute atomic E-state index is 11.7. The van der Waals surface area contributed by atoms with Gasteiger partial charge >= 0.3 is 12.1 Å². The van der Waals surface area contributed by atoms with Gasteiger partial charge in [0.15, 0.2) is 0 Å². The minimum absolute atomic E-state index is 0.215. The first-order valence-electron chi connectivity index (χ1n) is 6.50. The van der Waals surface area contributed by atoms with E-state index in [4.69, 9.17) is 4.74 Å². The third-order valence-electron chi connectivity index (χ3n) is 3.88. The van der Waals surface area contributed by atoms with Gasteiger partial charge in [-0.3, -0.25) is 4.79 Å². The third kappa shape index (κ3) is 2.60. The molecule has 0 aromatic carbocycles. The summed E-state index contributed by atoms with van der Waals surface area (Å²) < 4.78 is 5.19. The van der Waals surface area contributed by atoms with Crippen LogP contribution in [0.25, 0.3) is 0 Å². The maximum Gasteiger partial charge on any atom is 0.407 e. The summed E-state index contributed by atoms with van der Waals surface area (Å²) in [6.07, 6.45) is 2.38. The molecule has 2 aliphatic rings. The van der Waals surface area contributed by atoms with E-state index in [1.54, 1.807) is 20.8 Å². The lowest BCUT2D eigenvalue weighted by Crippen LogP contribution is -2.48. The molecule has 102 valence electrons. The van der Waals surface area contributed by atoms with Crippen LogP contribution in [0.15, 0.2) is 0 Å². The molecule has 5 nitrogen and oxygen atoms in total. The van der Waals surface area contributed by atoms with E-state index in [0.717, 1.165) is 19.3 Å². The Hall–Kier alpha value is -1.26. The molecule has 5 heteroatoms. The van der Waals surface area contributed by atoms with Gasteiger partial charge in [-0.25, -0.2) is 4.79 Å². The molecule has 2 rings (SSSR count). The first kappa shape index (κ1) is 13.2. The number of hydrogen-bond acceptors (Lipinski definition) is 3. The van der Waals surface area contributed by atoms with E-state index >= 15 is 0 Å². The molecule has 0 saturated heterocycles. The van der Waals surface area contributed by atoms with Crippen molar-refractivity contribution in [2.75, 3.05) is 0 Å². The number of amides is 1. The molecule has 0 aromatic rings. The second kappa shape index (κ2) is 4.44. The van der Waals surface area contributed by atoms with Crippen LogP contribution in [0.5, 0.6) is 0 Å².